The molecule has 0 fully saturated rings. The number of imidazole rings is 2. The lowest BCUT2D eigenvalue weighted by molar-refractivity contribution is 0.171. The van der Waals surface area contributed by atoms with Crippen molar-refractivity contribution in [2.75, 3.05) is 20.3 Å². The lowest BCUT2D eigenvalue weighted by atomic mass is 10.1. The maximum Gasteiger partial charge on any atom is 0.332 e. The Kier molecular flexibility index (Phi) is 4.31. The molecule has 10 heteroatoms. The fraction of sp³-hybridized carbons (Fsp3) is 0.208. The molecule has 0 saturated heterocycles. The van der Waals surface area contributed by atoms with Crippen LogP contribution in [0.5, 0.6) is 17.2 Å². The molecule has 0 radical (unpaired) electrons. The van der Waals surface area contributed by atoms with E-state index in [2.05, 4.69) is 0 Å². The van der Waals surface area contributed by atoms with Gasteiger partial charge in [0.05, 0.1) is 18.5 Å². The first-order valence-corrected chi connectivity index (χ1v) is 10.7. The number of aryl methyl sites for hydroxylation is 1. The zero-order chi connectivity index (χ0) is 23.6. The summed E-state index contributed by atoms with van der Waals surface area (Å²) in [6.45, 7) is 0.888. The second kappa shape index (κ2) is 7.27. The molecule has 0 spiro atoms. The number of hydrogen-bond acceptors (Lipinski definition) is 6. The van der Waals surface area contributed by atoms with E-state index < -0.39 is 11.2 Å². The third-order valence-corrected chi connectivity index (χ3v) is 6.14. The highest BCUT2D eigenvalue weighted by Gasteiger charge is 2.25. The molecule has 0 unspecified atom stereocenters. The molecule has 0 aliphatic carbocycles. The number of benzene rings is 2. The van der Waals surface area contributed by atoms with Gasteiger partial charge >= 0.3 is 5.69 Å². The molecule has 1 aliphatic rings. The van der Waals surface area contributed by atoms with E-state index in [0.717, 1.165) is 27.3 Å². The van der Waals surface area contributed by atoms with Gasteiger partial charge in [-0.15, -0.1) is 0 Å². The van der Waals surface area contributed by atoms with E-state index in [1.54, 1.807) is 18.6 Å². The van der Waals surface area contributed by atoms with E-state index >= 15 is 0 Å². The van der Waals surface area contributed by atoms with Crippen molar-refractivity contribution in [2.45, 2.75) is 0 Å². The zero-order valence-electron chi connectivity index (χ0n) is 18.8. The predicted molar refractivity (Wildman–Crippen MR) is 125 cm³/mol. The fourth-order valence-corrected chi connectivity index (χ4v) is 4.41. The number of para-hydroxylation sites is 1. The third kappa shape index (κ3) is 2.71. The summed E-state index contributed by atoms with van der Waals surface area (Å²) in [5, 5.41) is 0. The molecule has 0 amide bonds. The Bertz CT molecular complexity index is 1700. The summed E-state index contributed by atoms with van der Waals surface area (Å²) in [5.41, 5.74) is 2.15. The van der Waals surface area contributed by atoms with E-state index in [1.807, 2.05) is 53.2 Å². The highest BCUT2D eigenvalue weighted by atomic mass is 16.6. The Hall–Kier alpha value is -4.47. The van der Waals surface area contributed by atoms with Crippen molar-refractivity contribution in [2.24, 2.45) is 14.1 Å². The molecule has 0 atom stereocenters. The summed E-state index contributed by atoms with van der Waals surface area (Å²) in [4.78, 5) is 30.4. The Labute approximate surface area is 192 Å². The average molecular weight is 459 g/mol. The highest BCUT2D eigenvalue weighted by molar-refractivity contribution is 5.80. The molecule has 0 saturated carbocycles. The molecule has 3 aromatic heterocycles. The number of methoxy groups -OCH3 is 1. The summed E-state index contributed by atoms with van der Waals surface area (Å²) in [6.07, 6.45) is 1.85. The largest absolute Gasteiger partial charge is 0.497 e. The first-order chi connectivity index (χ1) is 16.5. The van der Waals surface area contributed by atoms with E-state index in [0.29, 0.717) is 41.7 Å². The lowest BCUT2D eigenvalue weighted by Crippen LogP contribution is -2.37. The minimum Gasteiger partial charge on any atom is -0.497 e. The van der Waals surface area contributed by atoms with Crippen molar-refractivity contribution in [3.63, 3.8) is 0 Å². The van der Waals surface area contributed by atoms with Crippen LogP contribution >= 0.6 is 0 Å². The Morgan fingerprint density at radius 3 is 2.50 bits per heavy atom. The van der Waals surface area contributed by atoms with Gasteiger partial charge in [-0.3, -0.25) is 22.9 Å². The average Bonchev–Trinajstić information content (AvgIpc) is 3.42. The minimum atomic E-state index is -0.436. The van der Waals surface area contributed by atoms with Crippen molar-refractivity contribution in [3.05, 3.63) is 69.5 Å². The molecule has 172 valence electrons. The van der Waals surface area contributed by atoms with Crippen molar-refractivity contribution in [3.8, 4) is 34.2 Å². The van der Waals surface area contributed by atoms with Crippen molar-refractivity contribution in [1.82, 2.24) is 23.1 Å². The maximum atomic E-state index is 13.1. The second-order valence-electron chi connectivity index (χ2n) is 8.04. The molecule has 6 rings (SSSR count). The highest BCUT2D eigenvalue weighted by Crippen LogP contribution is 2.39. The van der Waals surface area contributed by atoms with Gasteiger partial charge in [-0.2, -0.15) is 4.98 Å². The first kappa shape index (κ1) is 20.2. The van der Waals surface area contributed by atoms with E-state index in [-0.39, 0.29) is 0 Å². The summed E-state index contributed by atoms with van der Waals surface area (Å²) < 4.78 is 23.2. The van der Waals surface area contributed by atoms with Gasteiger partial charge in [-0.05, 0) is 36.4 Å². The molecule has 0 bridgehead atoms. The zero-order valence-corrected chi connectivity index (χ0v) is 18.8. The van der Waals surface area contributed by atoms with Crippen LogP contribution in [0.25, 0.3) is 33.9 Å². The van der Waals surface area contributed by atoms with Gasteiger partial charge in [0.25, 0.3) is 5.56 Å². The van der Waals surface area contributed by atoms with Gasteiger partial charge in [-0.1, -0.05) is 6.07 Å². The normalized spacial score (nSPS) is 13.0. The lowest BCUT2D eigenvalue weighted by Gasteiger charge is -2.22. The fourth-order valence-electron chi connectivity index (χ4n) is 4.41. The number of aromatic nitrogens is 5. The van der Waals surface area contributed by atoms with Gasteiger partial charge in [0.1, 0.15) is 19.0 Å². The Morgan fingerprint density at radius 1 is 0.971 bits per heavy atom. The Balaban J connectivity index is 1.75. The maximum absolute atomic E-state index is 13.1. The van der Waals surface area contributed by atoms with Gasteiger partial charge in [0.2, 0.25) is 5.78 Å². The topological polar surface area (TPSA) is 93.9 Å². The third-order valence-electron chi connectivity index (χ3n) is 6.14. The molecule has 10 nitrogen and oxygen atoms in total. The van der Waals surface area contributed by atoms with Crippen LogP contribution in [0.15, 0.2) is 58.3 Å². The van der Waals surface area contributed by atoms with Gasteiger partial charge in [0.15, 0.2) is 22.7 Å². The quantitative estimate of drug-likeness (QED) is 0.410. The smallest absolute Gasteiger partial charge is 0.332 e. The first-order valence-electron chi connectivity index (χ1n) is 10.7. The molecular weight excluding hydrogens is 438 g/mol. The number of fused-ring (bicyclic) bond motifs is 4. The predicted octanol–water partition coefficient (Wildman–Crippen LogP) is 2.12. The minimum absolute atomic E-state index is 0.306. The summed E-state index contributed by atoms with van der Waals surface area (Å²) in [6, 6.07) is 13.3. The van der Waals surface area contributed by atoms with Gasteiger partial charge < -0.3 is 14.2 Å². The number of ether oxygens (including phenoxy) is 3. The SMILES string of the molecule is COc1ccc(-c2cn3c4c(=O)n(C)c(=O)n(C)c4nc3n2-c2cccc3c2OCCO3)cc1. The van der Waals surface area contributed by atoms with E-state index in [4.69, 9.17) is 19.2 Å². The van der Waals surface area contributed by atoms with Crippen LogP contribution in [-0.2, 0) is 14.1 Å². The molecule has 1 aliphatic heterocycles. The Morgan fingerprint density at radius 2 is 1.74 bits per heavy atom. The van der Waals surface area contributed by atoms with Crippen LogP contribution in [0.4, 0.5) is 0 Å². The molecule has 34 heavy (non-hydrogen) atoms. The standard InChI is InChI=1S/C24H21N5O5/c1-26-21-19(22(30)27(2)24(26)31)28-13-17(14-7-9-15(32-3)10-8-14)29(23(28)25-21)16-5-4-6-18-20(16)34-12-11-33-18/h4-10,13H,11-12H2,1-3H3. The summed E-state index contributed by atoms with van der Waals surface area (Å²) in [7, 11) is 4.68. The van der Waals surface area contributed by atoms with Crippen LogP contribution in [0.2, 0.25) is 0 Å². The number of nitrogens with zero attached hydrogens (tertiary/aromatic N) is 5. The van der Waals surface area contributed by atoms with Crippen molar-refractivity contribution in [1.29, 1.82) is 0 Å². The van der Waals surface area contributed by atoms with Crippen LogP contribution in [0.1, 0.15) is 0 Å². The summed E-state index contributed by atoms with van der Waals surface area (Å²) >= 11 is 0. The van der Waals surface area contributed by atoms with E-state index in [9.17, 15) is 9.59 Å². The van der Waals surface area contributed by atoms with Crippen molar-refractivity contribution < 1.29 is 14.2 Å². The molecule has 5 aromatic rings. The van der Waals surface area contributed by atoms with Crippen LogP contribution in [0.3, 0.4) is 0 Å². The van der Waals surface area contributed by atoms with Gasteiger partial charge in [-0.25, -0.2) is 4.79 Å². The number of rotatable bonds is 3. The molecule has 0 N–H and O–H groups in total. The molecular formula is C24H21N5O5. The van der Waals surface area contributed by atoms with Crippen LogP contribution in [0, 0.1) is 0 Å². The summed E-state index contributed by atoms with van der Waals surface area (Å²) in [5.74, 6) is 2.43. The monoisotopic (exact) mass is 459 g/mol. The van der Waals surface area contributed by atoms with Crippen molar-refractivity contribution >= 4 is 16.9 Å². The van der Waals surface area contributed by atoms with Crippen LogP contribution in [-0.4, -0.2) is 43.4 Å². The van der Waals surface area contributed by atoms with Crippen LogP contribution < -0.4 is 25.5 Å². The second-order valence-corrected chi connectivity index (χ2v) is 8.04. The number of hydrogen-bond donors (Lipinski definition) is 0. The molecule has 2 aromatic carbocycles. The van der Waals surface area contributed by atoms with E-state index in [1.165, 1.54) is 11.6 Å². The molecule has 4 heterocycles. The van der Waals surface area contributed by atoms with Gasteiger partial charge in [0, 0.05) is 25.9 Å².